The van der Waals surface area contributed by atoms with Gasteiger partial charge in [0, 0.05) is 34.5 Å². The molecule has 6 nitrogen and oxygen atoms in total. The molecule has 3 atom stereocenters. The third kappa shape index (κ3) is 8.01. The van der Waals surface area contributed by atoms with E-state index in [1.165, 1.54) is 42.5 Å². The molecule has 0 spiro atoms. The highest BCUT2D eigenvalue weighted by molar-refractivity contribution is 6.10. The second-order valence-electron chi connectivity index (χ2n) is 16.4. The van der Waals surface area contributed by atoms with Gasteiger partial charge in [0.2, 0.25) is 0 Å². The number of halogens is 12. The Morgan fingerprint density at radius 3 is 1.31 bits per heavy atom. The second kappa shape index (κ2) is 16.6. The zero-order chi connectivity index (χ0) is 50.2. The van der Waals surface area contributed by atoms with Gasteiger partial charge in [-0.05, 0) is 106 Å². The third-order valence-corrected chi connectivity index (χ3v) is 12.6. The number of alkyl halides is 12. The largest absolute Gasteiger partial charge is 0.416 e. The summed E-state index contributed by atoms with van der Waals surface area (Å²) in [6.45, 7) is 0. The molecule has 5 aromatic rings. The van der Waals surface area contributed by atoms with Gasteiger partial charge in [0.05, 0.1) is 45.0 Å². The first-order valence-electron chi connectivity index (χ1n) is 20.7. The minimum Gasteiger partial charge on any atom is -0.248 e. The van der Waals surface area contributed by atoms with Crippen molar-refractivity contribution in [2.75, 3.05) is 0 Å². The summed E-state index contributed by atoms with van der Waals surface area (Å²) in [5.74, 6) is -2.89. The van der Waals surface area contributed by atoms with Crippen LogP contribution in [0.2, 0.25) is 0 Å². The van der Waals surface area contributed by atoms with Crippen molar-refractivity contribution in [1.82, 2.24) is 9.97 Å². The van der Waals surface area contributed by atoms with Gasteiger partial charge in [0.15, 0.2) is 0 Å². The Morgan fingerprint density at radius 1 is 0.471 bits per heavy atom. The average Bonchev–Trinajstić information content (AvgIpc) is 3.80. The molecule has 4 aliphatic rings. The van der Waals surface area contributed by atoms with E-state index < -0.39 is 75.9 Å². The monoisotopic (exact) mass is 960 g/mol. The fourth-order valence-corrected chi connectivity index (χ4v) is 9.37. The molecule has 3 unspecified atom stereocenters. The Kier molecular flexibility index (Phi) is 11.1. The molecule has 9 rings (SSSR count). The molecule has 0 aliphatic heterocycles. The molecule has 0 radical (unpaired) electrons. The first kappa shape index (κ1) is 46.6. The molecule has 0 saturated carbocycles. The summed E-state index contributed by atoms with van der Waals surface area (Å²) in [4.78, 5) is 9.95. The van der Waals surface area contributed by atoms with Crippen LogP contribution in [0.1, 0.15) is 85.5 Å². The van der Waals surface area contributed by atoms with E-state index in [0.717, 1.165) is 60.7 Å². The van der Waals surface area contributed by atoms with Crippen LogP contribution in [0.25, 0.3) is 33.4 Å². The molecular weight excluding hydrogens is 937 g/mol. The van der Waals surface area contributed by atoms with Crippen molar-refractivity contribution in [2.45, 2.75) is 43.0 Å². The molecule has 0 amide bonds. The van der Waals surface area contributed by atoms with Crippen LogP contribution in [0.15, 0.2) is 132 Å². The van der Waals surface area contributed by atoms with Gasteiger partial charge in [0.1, 0.15) is 35.4 Å². The molecule has 4 aliphatic carbocycles. The molecule has 0 saturated heterocycles. The van der Waals surface area contributed by atoms with Crippen LogP contribution >= 0.6 is 0 Å². The Hall–Kier alpha value is -8.48. The lowest BCUT2D eigenvalue weighted by Crippen LogP contribution is -2.12. The van der Waals surface area contributed by atoms with Crippen molar-refractivity contribution < 1.29 is 52.7 Å². The maximum atomic E-state index is 13.7. The van der Waals surface area contributed by atoms with Crippen molar-refractivity contribution in [3.63, 3.8) is 0 Å². The molecule has 0 N–H and O–H groups in total. The van der Waals surface area contributed by atoms with Gasteiger partial charge in [-0.25, -0.2) is 9.97 Å². The fraction of sp³-hybridized carbons (Fsp3) is 0.154. The standard InChI is InChI=1S/C52H24F12N6/c53-49(54,55)31-9-1-25(2-10-31)35-17-39-41(19-37(35)27-5-13-33(14-6-27)51(59,60)61)45-47(43(39)29(21-65)22-66)70-46-42-20-38(28-7-15-34(16-8-28)52(62,63)64)36(26-3-11-32(12-4-26)50(56,57)58)18-40(42)44(48(46)69-45)30(23-67)24-68/h1-17,19-20,36,39,41H,18H2. The van der Waals surface area contributed by atoms with Gasteiger partial charge in [-0.3, -0.25) is 0 Å². The number of fused-ring (bicyclic) bond motifs is 5. The highest BCUT2D eigenvalue weighted by Gasteiger charge is 2.46. The molecular formula is C52H24F12N6. The van der Waals surface area contributed by atoms with E-state index in [-0.39, 0.29) is 79.3 Å². The van der Waals surface area contributed by atoms with Gasteiger partial charge >= 0.3 is 24.7 Å². The van der Waals surface area contributed by atoms with Gasteiger partial charge in [0.25, 0.3) is 0 Å². The maximum absolute atomic E-state index is 13.7. The third-order valence-electron chi connectivity index (χ3n) is 12.6. The van der Waals surface area contributed by atoms with Gasteiger partial charge < -0.3 is 0 Å². The summed E-state index contributed by atoms with van der Waals surface area (Å²) >= 11 is 0. The number of rotatable bonds is 4. The topological polar surface area (TPSA) is 121 Å². The summed E-state index contributed by atoms with van der Waals surface area (Å²) in [5.41, 5.74) is -2.73. The van der Waals surface area contributed by atoms with Gasteiger partial charge in [-0.15, -0.1) is 0 Å². The molecule has 4 aromatic carbocycles. The molecule has 1 aromatic heterocycles. The highest BCUT2D eigenvalue weighted by atomic mass is 19.4. The van der Waals surface area contributed by atoms with Crippen molar-refractivity contribution in [3.05, 3.63) is 199 Å². The molecule has 18 heteroatoms. The van der Waals surface area contributed by atoms with Crippen molar-refractivity contribution in [3.8, 4) is 24.3 Å². The van der Waals surface area contributed by atoms with E-state index >= 15 is 0 Å². The first-order chi connectivity index (χ1) is 33.0. The van der Waals surface area contributed by atoms with E-state index in [2.05, 4.69) is 0 Å². The highest BCUT2D eigenvalue weighted by Crippen LogP contribution is 2.58. The lowest BCUT2D eigenvalue weighted by atomic mass is 9.76. The Bertz CT molecular complexity index is 3380. The summed E-state index contributed by atoms with van der Waals surface area (Å²) < 4.78 is 165. The summed E-state index contributed by atoms with van der Waals surface area (Å²) in [6, 6.07) is 23.5. The molecule has 346 valence electrons. The number of nitrogens with zero attached hydrogens (tertiary/aromatic N) is 6. The van der Waals surface area contributed by atoms with Crippen molar-refractivity contribution in [1.29, 1.82) is 21.0 Å². The number of benzene rings is 4. The van der Waals surface area contributed by atoms with E-state index in [1.807, 2.05) is 24.3 Å². The van der Waals surface area contributed by atoms with E-state index in [9.17, 15) is 73.7 Å². The van der Waals surface area contributed by atoms with E-state index in [1.54, 1.807) is 12.2 Å². The number of aromatic nitrogens is 2. The SMILES string of the molecule is N#CC(C#N)=C1C2=C(C=C(c3ccc(C(F)(F)F)cc3)C(c3ccc(C(F)(F)F)cc3)C2)c2nc3c(nc21)C1C=C(c2ccc(C(F)(F)F)cc2)C(c2ccc(C(F)(F)F)cc2)=CC1C3=C(C#N)C#N. The van der Waals surface area contributed by atoms with Crippen molar-refractivity contribution in [2.24, 2.45) is 5.92 Å². The Labute approximate surface area is 388 Å². The predicted molar refractivity (Wildman–Crippen MR) is 229 cm³/mol. The normalized spacial score (nSPS) is 18.5. The fourth-order valence-electron chi connectivity index (χ4n) is 9.37. The van der Waals surface area contributed by atoms with Crippen LogP contribution in [0.3, 0.4) is 0 Å². The smallest absolute Gasteiger partial charge is 0.248 e. The minimum absolute atomic E-state index is 0.00675. The van der Waals surface area contributed by atoms with Crippen LogP contribution < -0.4 is 0 Å². The predicted octanol–water partition coefficient (Wildman–Crippen LogP) is 14.1. The van der Waals surface area contributed by atoms with E-state index in [0.29, 0.717) is 11.1 Å². The molecule has 0 fully saturated rings. The lowest BCUT2D eigenvalue weighted by molar-refractivity contribution is -0.138. The summed E-state index contributed by atoms with van der Waals surface area (Å²) in [5, 5.41) is 41.4. The quantitative estimate of drug-likeness (QED) is 0.131. The number of hydrogen-bond acceptors (Lipinski definition) is 6. The van der Waals surface area contributed by atoms with Gasteiger partial charge in [-0.1, -0.05) is 60.7 Å². The van der Waals surface area contributed by atoms with Crippen LogP contribution in [0.4, 0.5) is 52.7 Å². The molecule has 0 bridgehead atoms. The first-order valence-corrected chi connectivity index (χ1v) is 20.7. The van der Waals surface area contributed by atoms with Crippen LogP contribution in [0.5, 0.6) is 0 Å². The van der Waals surface area contributed by atoms with Crippen molar-refractivity contribution >= 4 is 33.4 Å². The average molecular weight is 961 g/mol. The Balaban J connectivity index is 1.27. The number of nitriles is 4. The summed E-state index contributed by atoms with van der Waals surface area (Å²) in [6.07, 6.45) is -14.4. The van der Waals surface area contributed by atoms with Crippen LogP contribution in [-0.2, 0) is 24.7 Å². The van der Waals surface area contributed by atoms with Gasteiger partial charge in [-0.2, -0.15) is 73.7 Å². The van der Waals surface area contributed by atoms with E-state index in [4.69, 9.17) is 9.97 Å². The Morgan fingerprint density at radius 2 is 0.886 bits per heavy atom. The van der Waals surface area contributed by atoms with Crippen LogP contribution in [-0.4, -0.2) is 9.97 Å². The number of allylic oxidation sites excluding steroid dienone is 12. The molecule has 1 heterocycles. The lowest BCUT2D eigenvalue weighted by Gasteiger charge is -2.28. The maximum Gasteiger partial charge on any atom is 0.416 e. The second-order valence-corrected chi connectivity index (χ2v) is 16.4. The zero-order valence-corrected chi connectivity index (χ0v) is 35.1. The zero-order valence-electron chi connectivity index (χ0n) is 35.1. The summed E-state index contributed by atoms with van der Waals surface area (Å²) in [7, 11) is 0. The molecule has 70 heavy (non-hydrogen) atoms. The number of hydrogen-bond donors (Lipinski definition) is 0. The minimum atomic E-state index is -4.72. The van der Waals surface area contributed by atoms with Crippen LogP contribution in [0, 0.1) is 51.2 Å².